The van der Waals surface area contributed by atoms with E-state index in [1.165, 1.54) is 6.07 Å². The Balaban J connectivity index is 2.37. The van der Waals surface area contributed by atoms with E-state index >= 15 is 0 Å². The Hall–Kier alpha value is -1.89. The van der Waals surface area contributed by atoms with Crippen molar-refractivity contribution in [2.75, 3.05) is 5.73 Å². The standard InChI is InChI=1S/C13H8Cl2N2O/c14-9-1-3-12(8(5-9)7-16)18-13-4-2-10(17)6-11(13)15/h1-6H,17H2. The predicted octanol–water partition coefficient (Wildman–Crippen LogP) is 4.24. The molecule has 90 valence electrons. The molecule has 0 saturated heterocycles. The van der Waals surface area contributed by atoms with Crippen LogP contribution in [0.1, 0.15) is 5.56 Å². The molecule has 0 amide bonds. The zero-order chi connectivity index (χ0) is 13.1. The largest absolute Gasteiger partial charge is 0.454 e. The maximum atomic E-state index is 8.99. The van der Waals surface area contributed by atoms with Gasteiger partial charge in [0, 0.05) is 10.7 Å². The molecule has 18 heavy (non-hydrogen) atoms. The predicted molar refractivity (Wildman–Crippen MR) is 72.1 cm³/mol. The van der Waals surface area contributed by atoms with E-state index in [0.717, 1.165) is 0 Å². The molecule has 0 aromatic heterocycles. The number of halogens is 2. The van der Waals surface area contributed by atoms with Crippen molar-refractivity contribution in [2.24, 2.45) is 0 Å². The molecule has 0 saturated carbocycles. The van der Waals surface area contributed by atoms with Crippen LogP contribution < -0.4 is 10.5 Å². The lowest BCUT2D eigenvalue weighted by Crippen LogP contribution is -1.90. The average Bonchev–Trinajstić information content (AvgIpc) is 2.34. The Kier molecular flexibility index (Phi) is 3.61. The number of benzene rings is 2. The van der Waals surface area contributed by atoms with Gasteiger partial charge in [-0.3, -0.25) is 0 Å². The van der Waals surface area contributed by atoms with E-state index in [2.05, 4.69) is 0 Å². The van der Waals surface area contributed by atoms with Gasteiger partial charge in [-0.25, -0.2) is 0 Å². The first-order valence-electron chi connectivity index (χ1n) is 5.02. The van der Waals surface area contributed by atoms with Crippen molar-refractivity contribution in [2.45, 2.75) is 0 Å². The summed E-state index contributed by atoms with van der Waals surface area (Å²) in [5.41, 5.74) is 6.48. The summed E-state index contributed by atoms with van der Waals surface area (Å²) in [6.07, 6.45) is 0. The molecule has 0 aliphatic heterocycles. The zero-order valence-corrected chi connectivity index (χ0v) is 10.7. The number of nitriles is 1. The van der Waals surface area contributed by atoms with Crippen molar-refractivity contribution in [3.63, 3.8) is 0 Å². The van der Waals surface area contributed by atoms with Gasteiger partial charge >= 0.3 is 0 Å². The van der Waals surface area contributed by atoms with Crippen LogP contribution in [0.25, 0.3) is 0 Å². The summed E-state index contributed by atoms with van der Waals surface area (Å²) in [6.45, 7) is 0. The van der Waals surface area contributed by atoms with Gasteiger partial charge in [0.05, 0.1) is 10.6 Å². The summed E-state index contributed by atoms with van der Waals surface area (Å²) < 4.78 is 5.57. The van der Waals surface area contributed by atoms with Crippen LogP contribution in [-0.2, 0) is 0 Å². The molecule has 2 aromatic rings. The fraction of sp³-hybridized carbons (Fsp3) is 0. The minimum Gasteiger partial charge on any atom is -0.454 e. The lowest BCUT2D eigenvalue weighted by Gasteiger charge is -2.09. The molecule has 2 N–H and O–H groups in total. The number of hydrogen-bond acceptors (Lipinski definition) is 3. The molecule has 0 radical (unpaired) electrons. The third-order valence-electron chi connectivity index (χ3n) is 2.24. The highest BCUT2D eigenvalue weighted by Crippen LogP contribution is 2.33. The quantitative estimate of drug-likeness (QED) is 0.836. The van der Waals surface area contributed by atoms with Gasteiger partial charge in [-0.05, 0) is 36.4 Å². The van der Waals surface area contributed by atoms with Gasteiger partial charge in [-0.15, -0.1) is 0 Å². The van der Waals surface area contributed by atoms with E-state index in [1.54, 1.807) is 30.3 Å². The Morgan fingerprint density at radius 1 is 1.06 bits per heavy atom. The Morgan fingerprint density at radius 3 is 2.44 bits per heavy atom. The van der Waals surface area contributed by atoms with Gasteiger partial charge in [0.1, 0.15) is 17.6 Å². The molecule has 2 aromatic carbocycles. The van der Waals surface area contributed by atoms with E-state index in [0.29, 0.717) is 32.8 Å². The van der Waals surface area contributed by atoms with Crippen LogP contribution in [0, 0.1) is 11.3 Å². The number of hydrogen-bond donors (Lipinski definition) is 1. The Labute approximate surface area is 114 Å². The number of anilines is 1. The van der Waals surface area contributed by atoms with Crippen molar-refractivity contribution in [3.8, 4) is 17.6 Å². The highest BCUT2D eigenvalue weighted by atomic mass is 35.5. The molecule has 0 heterocycles. The van der Waals surface area contributed by atoms with Crippen LogP contribution in [0.3, 0.4) is 0 Å². The number of ether oxygens (including phenoxy) is 1. The van der Waals surface area contributed by atoms with Gasteiger partial charge in [0.2, 0.25) is 0 Å². The van der Waals surface area contributed by atoms with Crippen molar-refractivity contribution >= 4 is 28.9 Å². The van der Waals surface area contributed by atoms with Gasteiger partial charge in [0.15, 0.2) is 0 Å². The molecule has 0 spiro atoms. The molecular weight excluding hydrogens is 271 g/mol. The SMILES string of the molecule is N#Cc1cc(Cl)ccc1Oc1ccc(N)cc1Cl. The highest BCUT2D eigenvalue weighted by molar-refractivity contribution is 6.32. The van der Waals surface area contributed by atoms with Gasteiger partial charge in [-0.2, -0.15) is 5.26 Å². The molecule has 0 atom stereocenters. The number of nitrogens with two attached hydrogens (primary N) is 1. The van der Waals surface area contributed by atoms with Gasteiger partial charge in [-0.1, -0.05) is 23.2 Å². The van der Waals surface area contributed by atoms with E-state index in [1.807, 2.05) is 6.07 Å². The van der Waals surface area contributed by atoms with Crippen molar-refractivity contribution < 1.29 is 4.74 Å². The average molecular weight is 279 g/mol. The summed E-state index contributed by atoms with van der Waals surface area (Å²) in [7, 11) is 0. The summed E-state index contributed by atoms with van der Waals surface area (Å²) in [5.74, 6) is 0.832. The van der Waals surface area contributed by atoms with E-state index in [9.17, 15) is 0 Å². The minimum absolute atomic E-state index is 0.343. The van der Waals surface area contributed by atoms with E-state index < -0.39 is 0 Å². The summed E-state index contributed by atoms with van der Waals surface area (Å²) in [4.78, 5) is 0. The second-order valence-electron chi connectivity index (χ2n) is 3.54. The maximum Gasteiger partial charge on any atom is 0.146 e. The third kappa shape index (κ3) is 2.67. The fourth-order valence-electron chi connectivity index (χ4n) is 1.40. The van der Waals surface area contributed by atoms with Crippen molar-refractivity contribution in [1.29, 1.82) is 5.26 Å². The monoisotopic (exact) mass is 278 g/mol. The van der Waals surface area contributed by atoms with Gasteiger partial charge in [0.25, 0.3) is 0 Å². The maximum absolute atomic E-state index is 8.99. The smallest absolute Gasteiger partial charge is 0.146 e. The third-order valence-corrected chi connectivity index (χ3v) is 2.77. The van der Waals surface area contributed by atoms with Crippen LogP contribution in [-0.4, -0.2) is 0 Å². The second kappa shape index (κ2) is 5.18. The van der Waals surface area contributed by atoms with Crippen molar-refractivity contribution in [3.05, 3.63) is 52.0 Å². The van der Waals surface area contributed by atoms with Crippen molar-refractivity contribution in [1.82, 2.24) is 0 Å². The van der Waals surface area contributed by atoms with Crippen LogP contribution in [0.2, 0.25) is 10.0 Å². The molecule has 3 nitrogen and oxygen atoms in total. The molecular formula is C13H8Cl2N2O. The summed E-state index contributed by atoms with van der Waals surface area (Å²) in [6, 6.07) is 11.7. The van der Waals surface area contributed by atoms with Crippen LogP contribution in [0.15, 0.2) is 36.4 Å². The molecule has 0 fully saturated rings. The van der Waals surface area contributed by atoms with E-state index in [4.69, 9.17) is 38.9 Å². The first kappa shape index (κ1) is 12.6. The molecule has 2 rings (SSSR count). The molecule has 0 aliphatic carbocycles. The number of rotatable bonds is 2. The normalized spacial score (nSPS) is 9.83. The van der Waals surface area contributed by atoms with E-state index in [-0.39, 0.29) is 0 Å². The Bertz CT molecular complexity index is 635. The molecule has 0 unspecified atom stereocenters. The minimum atomic E-state index is 0.343. The van der Waals surface area contributed by atoms with Gasteiger partial charge < -0.3 is 10.5 Å². The zero-order valence-electron chi connectivity index (χ0n) is 9.15. The lowest BCUT2D eigenvalue weighted by molar-refractivity contribution is 0.481. The summed E-state index contributed by atoms with van der Waals surface area (Å²) >= 11 is 11.8. The molecule has 0 bridgehead atoms. The lowest BCUT2D eigenvalue weighted by atomic mass is 10.2. The van der Waals surface area contributed by atoms with Crippen LogP contribution in [0.4, 0.5) is 5.69 Å². The number of nitrogens with zero attached hydrogens (tertiary/aromatic N) is 1. The fourth-order valence-corrected chi connectivity index (χ4v) is 1.80. The first-order valence-corrected chi connectivity index (χ1v) is 5.78. The molecule has 5 heteroatoms. The first-order chi connectivity index (χ1) is 8.60. The second-order valence-corrected chi connectivity index (χ2v) is 4.39. The summed E-state index contributed by atoms with van der Waals surface area (Å²) in [5, 5.41) is 9.85. The van der Waals surface area contributed by atoms with Crippen LogP contribution >= 0.6 is 23.2 Å². The Morgan fingerprint density at radius 2 is 1.78 bits per heavy atom. The molecule has 0 aliphatic rings. The topological polar surface area (TPSA) is 59.0 Å². The highest BCUT2D eigenvalue weighted by Gasteiger charge is 2.08. The van der Waals surface area contributed by atoms with Crippen LogP contribution in [0.5, 0.6) is 11.5 Å². The number of nitrogen functional groups attached to an aromatic ring is 1.